The Labute approximate surface area is 124 Å². The molecule has 2 aromatic rings. The van der Waals surface area contributed by atoms with Crippen LogP contribution >= 0.6 is 0 Å². The van der Waals surface area contributed by atoms with Crippen LogP contribution in [0.1, 0.15) is 12.0 Å². The van der Waals surface area contributed by atoms with E-state index >= 15 is 0 Å². The van der Waals surface area contributed by atoms with E-state index < -0.39 is 10.0 Å². The van der Waals surface area contributed by atoms with E-state index in [1.54, 1.807) is 24.3 Å². The molecule has 1 heterocycles. The number of benzene rings is 1. The molecule has 0 unspecified atom stereocenters. The molecule has 0 spiro atoms. The Hall–Kier alpha value is -1.86. The maximum absolute atomic E-state index is 12.1. The number of sulfonamides is 1. The summed E-state index contributed by atoms with van der Waals surface area (Å²) in [7, 11) is -1.82. The second kappa shape index (κ2) is 6.28. The number of aryl methyl sites for hydroxylation is 3. The van der Waals surface area contributed by atoms with Gasteiger partial charge in [0.05, 0.1) is 25.0 Å². The summed E-state index contributed by atoms with van der Waals surface area (Å²) >= 11 is 0. The van der Waals surface area contributed by atoms with E-state index in [2.05, 4.69) is 0 Å². The molecule has 0 aliphatic carbocycles. The molecule has 21 heavy (non-hydrogen) atoms. The van der Waals surface area contributed by atoms with E-state index in [0.717, 1.165) is 5.56 Å². The fraction of sp³-hybridized carbons (Fsp3) is 0.357. The van der Waals surface area contributed by atoms with Crippen LogP contribution in [0.2, 0.25) is 0 Å². The van der Waals surface area contributed by atoms with Crippen LogP contribution in [-0.4, -0.2) is 23.9 Å². The van der Waals surface area contributed by atoms with Gasteiger partial charge < -0.3 is 0 Å². The standard InChI is InChI=1S/C14H20N3O3S/c1-13-4-6-14(7-5-13)17(18)21(19,20)11-3-8-16-10-9-15(2)12-16/h4-7,9-10,12,18H,3,8,11H2,1-2H3/q+1. The third-order valence-corrected chi connectivity index (χ3v) is 4.70. The first kappa shape index (κ1) is 15.5. The lowest BCUT2D eigenvalue weighted by Crippen LogP contribution is -2.30. The fourth-order valence-corrected chi connectivity index (χ4v) is 3.09. The maximum atomic E-state index is 12.1. The van der Waals surface area contributed by atoms with Gasteiger partial charge in [0.25, 0.3) is 10.0 Å². The summed E-state index contributed by atoms with van der Waals surface area (Å²) < 4.78 is 28.3. The SMILES string of the molecule is Cc1ccc(N(O)S(=O)(=O)CCCn2cc[n+](C)c2)cc1. The third kappa shape index (κ3) is 4.05. The Balaban J connectivity index is 1.96. The highest BCUT2D eigenvalue weighted by Gasteiger charge is 2.20. The minimum atomic E-state index is -3.72. The number of imidazole rings is 1. The summed E-state index contributed by atoms with van der Waals surface area (Å²) in [5.74, 6) is -0.112. The van der Waals surface area contributed by atoms with E-state index in [0.29, 0.717) is 17.4 Å². The van der Waals surface area contributed by atoms with Crippen molar-refractivity contribution in [2.75, 3.05) is 10.2 Å². The van der Waals surface area contributed by atoms with Crippen LogP contribution in [0.4, 0.5) is 5.69 Å². The molecular weight excluding hydrogens is 290 g/mol. The van der Waals surface area contributed by atoms with Crippen LogP contribution in [0.15, 0.2) is 43.0 Å². The molecule has 0 atom stereocenters. The van der Waals surface area contributed by atoms with Gasteiger partial charge in [-0.25, -0.2) is 17.6 Å². The lowest BCUT2D eigenvalue weighted by atomic mass is 10.2. The Morgan fingerprint density at radius 1 is 1.29 bits per heavy atom. The van der Waals surface area contributed by atoms with E-state index in [-0.39, 0.29) is 11.4 Å². The van der Waals surface area contributed by atoms with E-state index in [1.807, 2.05) is 41.8 Å². The van der Waals surface area contributed by atoms with Gasteiger partial charge in [-0.2, -0.15) is 0 Å². The van der Waals surface area contributed by atoms with Gasteiger partial charge in [0.15, 0.2) is 0 Å². The molecule has 1 aromatic carbocycles. The molecular formula is C14H20N3O3S+. The van der Waals surface area contributed by atoms with E-state index in [1.165, 1.54) is 0 Å². The molecule has 0 aliphatic rings. The second-order valence-electron chi connectivity index (χ2n) is 5.06. The average Bonchev–Trinajstić information content (AvgIpc) is 2.84. The van der Waals surface area contributed by atoms with Crippen molar-refractivity contribution in [2.45, 2.75) is 19.9 Å². The van der Waals surface area contributed by atoms with Crippen LogP contribution in [0.25, 0.3) is 0 Å². The first-order chi connectivity index (χ1) is 9.88. The smallest absolute Gasteiger partial charge is 0.257 e. The summed E-state index contributed by atoms with van der Waals surface area (Å²) in [4.78, 5) is 0. The summed E-state index contributed by atoms with van der Waals surface area (Å²) in [6, 6.07) is 6.68. The first-order valence-electron chi connectivity index (χ1n) is 6.68. The Morgan fingerprint density at radius 2 is 1.95 bits per heavy atom. The van der Waals surface area contributed by atoms with Crippen molar-refractivity contribution in [1.82, 2.24) is 4.57 Å². The van der Waals surface area contributed by atoms with Gasteiger partial charge in [0, 0.05) is 6.42 Å². The molecule has 6 nitrogen and oxygen atoms in total. The molecule has 0 fully saturated rings. The van der Waals surface area contributed by atoms with Crippen molar-refractivity contribution in [3.63, 3.8) is 0 Å². The van der Waals surface area contributed by atoms with Crippen molar-refractivity contribution in [3.8, 4) is 0 Å². The van der Waals surface area contributed by atoms with Crippen molar-refractivity contribution < 1.29 is 18.2 Å². The van der Waals surface area contributed by atoms with Gasteiger partial charge in [-0.05, 0) is 19.1 Å². The molecule has 7 heteroatoms. The number of hydrogen-bond acceptors (Lipinski definition) is 3. The van der Waals surface area contributed by atoms with Crippen LogP contribution in [0, 0.1) is 6.92 Å². The first-order valence-corrected chi connectivity index (χ1v) is 8.29. The van der Waals surface area contributed by atoms with Crippen LogP contribution in [0.3, 0.4) is 0 Å². The Bertz CT molecular complexity index is 693. The van der Waals surface area contributed by atoms with Gasteiger partial charge in [-0.3, -0.25) is 5.21 Å². The normalized spacial score (nSPS) is 11.6. The van der Waals surface area contributed by atoms with Crippen molar-refractivity contribution in [1.29, 1.82) is 0 Å². The molecule has 0 radical (unpaired) electrons. The zero-order valence-corrected chi connectivity index (χ0v) is 13.0. The second-order valence-corrected chi connectivity index (χ2v) is 6.98. The highest BCUT2D eigenvalue weighted by Crippen LogP contribution is 2.17. The quantitative estimate of drug-likeness (QED) is 0.645. The van der Waals surface area contributed by atoms with Gasteiger partial charge in [0.2, 0.25) is 6.33 Å². The van der Waals surface area contributed by atoms with Crippen LogP contribution < -0.4 is 9.04 Å². The zero-order chi connectivity index (χ0) is 15.5. The predicted octanol–water partition coefficient (Wildman–Crippen LogP) is 1.24. The number of rotatable bonds is 6. The molecule has 0 saturated heterocycles. The lowest BCUT2D eigenvalue weighted by molar-refractivity contribution is -0.671. The van der Waals surface area contributed by atoms with Crippen molar-refractivity contribution in [3.05, 3.63) is 48.5 Å². The highest BCUT2D eigenvalue weighted by molar-refractivity contribution is 7.92. The van der Waals surface area contributed by atoms with Gasteiger partial charge in [-0.15, -0.1) is 4.47 Å². The van der Waals surface area contributed by atoms with E-state index in [4.69, 9.17) is 0 Å². The minimum absolute atomic E-state index is 0.112. The molecule has 0 amide bonds. The zero-order valence-electron chi connectivity index (χ0n) is 12.2. The summed E-state index contributed by atoms with van der Waals surface area (Å²) in [6.45, 7) is 2.49. The van der Waals surface area contributed by atoms with Crippen molar-refractivity contribution in [2.24, 2.45) is 7.05 Å². The van der Waals surface area contributed by atoms with Gasteiger partial charge in [0.1, 0.15) is 12.4 Å². The highest BCUT2D eigenvalue weighted by atomic mass is 32.2. The minimum Gasteiger partial charge on any atom is -0.274 e. The lowest BCUT2D eigenvalue weighted by Gasteiger charge is -2.16. The van der Waals surface area contributed by atoms with E-state index in [9.17, 15) is 13.6 Å². The molecule has 1 N–H and O–H groups in total. The summed E-state index contributed by atoms with van der Waals surface area (Å²) in [5, 5.41) is 9.87. The molecule has 114 valence electrons. The molecule has 2 rings (SSSR count). The topological polar surface area (TPSA) is 66.4 Å². The summed E-state index contributed by atoms with van der Waals surface area (Å²) in [5.41, 5.74) is 1.26. The monoisotopic (exact) mass is 310 g/mol. The number of hydrogen-bond donors (Lipinski definition) is 1. The number of nitrogens with zero attached hydrogens (tertiary/aromatic N) is 3. The Kier molecular flexibility index (Phi) is 4.64. The molecule has 0 bridgehead atoms. The Morgan fingerprint density at radius 3 is 2.52 bits per heavy atom. The molecule has 1 aromatic heterocycles. The number of anilines is 1. The van der Waals surface area contributed by atoms with Gasteiger partial charge >= 0.3 is 0 Å². The maximum Gasteiger partial charge on any atom is 0.257 e. The molecule has 0 saturated carbocycles. The summed E-state index contributed by atoms with van der Waals surface area (Å²) in [6.07, 6.45) is 6.08. The van der Waals surface area contributed by atoms with Crippen LogP contribution in [0.5, 0.6) is 0 Å². The van der Waals surface area contributed by atoms with Crippen LogP contribution in [-0.2, 0) is 23.6 Å². The van der Waals surface area contributed by atoms with Gasteiger partial charge in [-0.1, -0.05) is 17.7 Å². The largest absolute Gasteiger partial charge is 0.274 e. The predicted molar refractivity (Wildman–Crippen MR) is 79.5 cm³/mol. The third-order valence-electron chi connectivity index (χ3n) is 3.16. The average molecular weight is 310 g/mol. The number of aromatic nitrogens is 2. The van der Waals surface area contributed by atoms with Crippen molar-refractivity contribution >= 4 is 15.7 Å². The molecule has 0 aliphatic heterocycles. The fourth-order valence-electron chi connectivity index (χ4n) is 1.98.